The summed E-state index contributed by atoms with van der Waals surface area (Å²) in [4.78, 5) is 21.3. The van der Waals surface area contributed by atoms with Crippen LogP contribution in [0.5, 0.6) is 0 Å². The number of carboxylic acids is 1. The van der Waals surface area contributed by atoms with E-state index in [0.29, 0.717) is 16.1 Å². The van der Waals surface area contributed by atoms with Crippen molar-refractivity contribution in [2.75, 3.05) is 31.1 Å². The van der Waals surface area contributed by atoms with E-state index in [-0.39, 0.29) is 6.47 Å². The third kappa shape index (κ3) is 4.87. The summed E-state index contributed by atoms with van der Waals surface area (Å²) in [5, 5.41) is 12.6. The highest BCUT2D eigenvalue weighted by atomic mass is 35.5. The predicted molar refractivity (Wildman–Crippen MR) is 92.4 cm³/mol. The standard InChI is InChI=1S/C12H14Cl2N2.C4H4O4/c13-10-2-1-3-11(12(10)14)16-6-8-4-15-5-9(8)7-16;5-3-8-2-1-4(6)7/h1-3,8-9,15H,4-7H2;1-3H,(H,6,7)/b;2-1-. The molecule has 2 unspecified atom stereocenters. The van der Waals surface area contributed by atoms with E-state index in [1.54, 1.807) is 0 Å². The number of rotatable bonds is 4. The van der Waals surface area contributed by atoms with E-state index < -0.39 is 5.97 Å². The second-order valence-electron chi connectivity index (χ2n) is 5.53. The smallest absolute Gasteiger partial charge is 0.331 e. The van der Waals surface area contributed by atoms with Crippen LogP contribution < -0.4 is 10.2 Å². The van der Waals surface area contributed by atoms with Crippen molar-refractivity contribution in [1.29, 1.82) is 0 Å². The Bertz CT molecular complexity index is 612. The number of fused-ring (bicyclic) bond motifs is 1. The van der Waals surface area contributed by atoms with Gasteiger partial charge in [0.05, 0.1) is 21.8 Å². The maximum atomic E-state index is 9.59. The van der Waals surface area contributed by atoms with Gasteiger partial charge in [-0.15, -0.1) is 0 Å². The molecule has 2 aliphatic rings. The SMILES string of the molecule is Clc1cccc(N2CC3CNCC3C2)c1Cl.O=CO/C=C\C(=O)O. The topological polar surface area (TPSA) is 78.9 Å². The molecular formula is C16H18Cl2N2O4. The Labute approximate surface area is 150 Å². The first-order chi connectivity index (χ1) is 11.5. The van der Waals surface area contributed by atoms with E-state index in [9.17, 15) is 9.59 Å². The highest BCUT2D eigenvalue weighted by molar-refractivity contribution is 6.43. The summed E-state index contributed by atoms with van der Waals surface area (Å²) >= 11 is 12.3. The summed E-state index contributed by atoms with van der Waals surface area (Å²) in [6.45, 7) is 4.60. The third-order valence-electron chi connectivity index (χ3n) is 4.01. The van der Waals surface area contributed by atoms with Crippen molar-refractivity contribution in [2.24, 2.45) is 11.8 Å². The van der Waals surface area contributed by atoms with E-state index in [4.69, 9.17) is 28.3 Å². The van der Waals surface area contributed by atoms with Crippen molar-refractivity contribution in [3.8, 4) is 0 Å². The van der Waals surface area contributed by atoms with Crippen molar-refractivity contribution >= 4 is 41.3 Å². The van der Waals surface area contributed by atoms with Gasteiger partial charge < -0.3 is 20.1 Å². The van der Waals surface area contributed by atoms with Crippen LogP contribution in [0.4, 0.5) is 5.69 Å². The molecule has 0 saturated carbocycles. The van der Waals surface area contributed by atoms with Gasteiger partial charge in [-0.3, -0.25) is 4.79 Å². The molecule has 8 heteroatoms. The molecule has 2 saturated heterocycles. The summed E-state index contributed by atoms with van der Waals surface area (Å²) in [5.74, 6) is 0.400. The van der Waals surface area contributed by atoms with Crippen LogP contribution in [-0.4, -0.2) is 43.7 Å². The minimum absolute atomic E-state index is 0.138. The molecule has 1 aromatic rings. The van der Waals surface area contributed by atoms with E-state index in [2.05, 4.69) is 21.0 Å². The largest absolute Gasteiger partial charge is 0.478 e. The second kappa shape index (κ2) is 8.92. The summed E-state index contributed by atoms with van der Waals surface area (Å²) < 4.78 is 3.90. The van der Waals surface area contributed by atoms with Gasteiger partial charge in [0.1, 0.15) is 6.26 Å². The first-order valence-electron chi connectivity index (χ1n) is 7.41. The number of anilines is 1. The first kappa shape index (κ1) is 18.6. The van der Waals surface area contributed by atoms with E-state index in [1.807, 2.05) is 12.1 Å². The Kier molecular flexibility index (Phi) is 6.90. The Balaban J connectivity index is 0.000000224. The van der Waals surface area contributed by atoms with Gasteiger partial charge in [-0.1, -0.05) is 29.3 Å². The van der Waals surface area contributed by atoms with Crippen LogP contribution in [0.25, 0.3) is 0 Å². The molecule has 3 rings (SSSR count). The number of hydrogen-bond donors (Lipinski definition) is 2. The molecule has 0 aliphatic carbocycles. The lowest BCUT2D eigenvalue weighted by molar-refractivity contribution is -0.131. The summed E-state index contributed by atoms with van der Waals surface area (Å²) in [7, 11) is 0. The summed E-state index contributed by atoms with van der Waals surface area (Å²) in [5.41, 5.74) is 1.09. The van der Waals surface area contributed by atoms with Crippen molar-refractivity contribution in [2.45, 2.75) is 0 Å². The molecule has 130 valence electrons. The Morgan fingerprint density at radius 2 is 1.96 bits per heavy atom. The van der Waals surface area contributed by atoms with Crippen molar-refractivity contribution in [1.82, 2.24) is 5.32 Å². The predicted octanol–water partition coefficient (Wildman–Crippen LogP) is 2.41. The normalized spacial score (nSPS) is 22.0. The molecular weight excluding hydrogens is 355 g/mol. The van der Waals surface area contributed by atoms with Gasteiger partial charge in [0.15, 0.2) is 0 Å². The number of carbonyl (C=O) groups excluding carboxylic acids is 1. The van der Waals surface area contributed by atoms with Gasteiger partial charge in [-0.25, -0.2) is 4.79 Å². The lowest BCUT2D eigenvalue weighted by atomic mass is 10.0. The molecule has 0 spiro atoms. The van der Waals surface area contributed by atoms with Crippen molar-refractivity contribution in [3.05, 3.63) is 40.6 Å². The highest BCUT2D eigenvalue weighted by Crippen LogP contribution is 2.37. The van der Waals surface area contributed by atoms with Gasteiger partial charge in [0.25, 0.3) is 6.47 Å². The number of benzene rings is 1. The Morgan fingerprint density at radius 3 is 2.54 bits per heavy atom. The number of ether oxygens (including phenoxy) is 1. The van der Waals surface area contributed by atoms with Gasteiger partial charge >= 0.3 is 5.97 Å². The average Bonchev–Trinajstić information content (AvgIpc) is 3.12. The van der Waals surface area contributed by atoms with Crippen LogP contribution in [0, 0.1) is 11.8 Å². The molecule has 2 heterocycles. The average molecular weight is 373 g/mol. The lowest BCUT2D eigenvalue weighted by Crippen LogP contribution is -2.25. The Hall–Kier alpha value is -1.76. The minimum atomic E-state index is -1.15. The summed E-state index contributed by atoms with van der Waals surface area (Å²) in [6.07, 6.45) is 1.50. The van der Waals surface area contributed by atoms with E-state index >= 15 is 0 Å². The number of nitrogens with zero attached hydrogens (tertiary/aromatic N) is 1. The first-order valence-corrected chi connectivity index (χ1v) is 8.16. The monoisotopic (exact) mass is 372 g/mol. The number of halogens is 2. The van der Waals surface area contributed by atoms with Crippen LogP contribution in [-0.2, 0) is 14.3 Å². The lowest BCUT2D eigenvalue weighted by Gasteiger charge is -2.21. The van der Waals surface area contributed by atoms with E-state index in [1.165, 1.54) is 0 Å². The van der Waals surface area contributed by atoms with Gasteiger partial charge in [0.2, 0.25) is 0 Å². The van der Waals surface area contributed by atoms with Crippen LogP contribution in [0.15, 0.2) is 30.5 Å². The van der Waals surface area contributed by atoms with Crippen molar-refractivity contribution in [3.63, 3.8) is 0 Å². The minimum Gasteiger partial charge on any atom is -0.478 e. The molecule has 0 aromatic heterocycles. The maximum absolute atomic E-state index is 9.59. The molecule has 2 N–H and O–H groups in total. The van der Waals surface area contributed by atoms with Gasteiger partial charge in [0, 0.05) is 26.2 Å². The number of aliphatic carboxylic acids is 1. The second-order valence-corrected chi connectivity index (χ2v) is 6.31. The molecule has 2 fully saturated rings. The number of hydrogen-bond acceptors (Lipinski definition) is 5. The fraction of sp³-hybridized carbons (Fsp3) is 0.375. The van der Waals surface area contributed by atoms with Gasteiger partial charge in [-0.05, 0) is 24.0 Å². The zero-order valence-electron chi connectivity index (χ0n) is 12.8. The number of carboxylic acid groups (broad SMARTS) is 1. The fourth-order valence-electron chi connectivity index (χ4n) is 2.92. The molecule has 2 aliphatic heterocycles. The quantitative estimate of drug-likeness (QED) is 0.480. The highest BCUT2D eigenvalue weighted by Gasteiger charge is 2.36. The van der Waals surface area contributed by atoms with Crippen LogP contribution in [0.2, 0.25) is 10.0 Å². The van der Waals surface area contributed by atoms with E-state index in [0.717, 1.165) is 50.0 Å². The zero-order chi connectivity index (χ0) is 17.5. The zero-order valence-corrected chi connectivity index (χ0v) is 14.3. The molecule has 2 atom stereocenters. The van der Waals surface area contributed by atoms with Crippen molar-refractivity contribution < 1.29 is 19.4 Å². The fourth-order valence-corrected chi connectivity index (χ4v) is 3.33. The number of carbonyl (C=O) groups is 2. The number of nitrogens with one attached hydrogen (secondary N) is 1. The Morgan fingerprint density at radius 1 is 1.29 bits per heavy atom. The van der Waals surface area contributed by atoms with Crippen LogP contribution in [0.1, 0.15) is 0 Å². The van der Waals surface area contributed by atoms with Crippen LogP contribution in [0.3, 0.4) is 0 Å². The molecule has 6 nitrogen and oxygen atoms in total. The molecule has 0 amide bonds. The third-order valence-corrected chi connectivity index (χ3v) is 4.82. The molecule has 24 heavy (non-hydrogen) atoms. The van der Waals surface area contributed by atoms with Gasteiger partial charge in [-0.2, -0.15) is 0 Å². The summed E-state index contributed by atoms with van der Waals surface area (Å²) in [6, 6.07) is 5.87. The maximum Gasteiger partial charge on any atom is 0.331 e. The van der Waals surface area contributed by atoms with Crippen LogP contribution >= 0.6 is 23.2 Å². The molecule has 0 radical (unpaired) electrons. The molecule has 0 bridgehead atoms. The molecule has 1 aromatic carbocycles.